The minimum atomic E-state index is 0.0162. The van der Waals surface area contributed by atoms with Gasteiger partial charge in [0, 0.05) is 33.2 Å². The van der Waals surface area contributed by atoms with Gasteiger partial charge in [0.1, 0.15) is 6.04 Å². The summed E-state index contributed by atoms with van der Waals surface area (Å²) in [6.45, 7) is 7.81. The van der Waals surface area contributed by atoms with Crippen molar-refractivity contribution in [1.29, 1.82) is 0 Å². The highest BCUT2D eigenvalue weighted by Gasteiger charge is 2.28. The maximum Gasteiger partial charge on any atom is 0.240 e. The summed E-state index contributed by atoms with van der Waals surface area (Å²) in [5, 5.41) is 3.27. The Morgan fingerprint density at radius 1 is 1.60 bits per heavy atom. The molecule has 1 atom stereocenters. The van der Waals surface area contributed by atoms with Crippen molar-refractivity contribution in [1.82, 2.24) is 15.1 Å². The molecule has 1 aliphatic heterocycles. The highest BCUT2D eigenvalue weighted by Crippen LogP contribution is 2.05. The third-order valence-electron chi connectivity index (χ3n) is 2.81. The highest BCUT2D eigenvalue weighted by molar-refractivity contribution is 5.82. The first kappa shape index (κ1) is 12.5. The second-order valence-electron chi connectivity index (χ2n) is 4.81. The number of nitrogens with zero attached hydrogens (tertiary/aromatic N) is 2. The average Bonchev–Trinajstić information content (AvgIpc) is 2.16. The third kappa shape index (κ3) is 3.47. The summed E-state index contributed by atoms with van der Waals surface area (Å²) in [7, 11) is 3.91. The zero-order valence-corrected chi connectivity index (χ0v) is 10.3. The van der Waals surface area contributed by atoms with E-state index in [-0.39, 0.29) is 11.9 Å². The predicted octanol–water partition coefficient (Wildman–Crippen LogP) is 0.00440. The van der Waals surface area contributed by atoms with Gasteiger partial charge in [-0.1, -0.05) is 13.8 Å². The molecule has 1 aliphatic rings. The van der Waals surface area contributed by atoms with Gasteiger partial charge in [-0.3, -0.25) is 9.69 Å². The van der Waals surface area contributed by atoms with Crippen molar-refractivity contribution >= 4 is 5.91 Å². The number of carbonyl (C=O) groups excluding carboxylic acids is 1. The Kier molecular flexibility index (Phi) is 4.54. The fraction of sp³-hybridized carbons (Fsp3) is 0.909. The molecule has 4 nitrogen and oxygen atoms in total. The summed E-state index contributed by atoms with van der Waals surface area (Å²) in [5.41, 5.74) is 0. The summed E-state index contributed by atoms with van der Waals surface area (Å²) in [6.07, 6.45) is 0. The van der Waals surface area contributed by atoms with E-state index < -0.39 is 0 Å². The molecule has 0 aromatic rings. The van der Waals surface area contributed by atoms with Crippen molar-refractivity contribution in [2.75, 3.05) is 40.3 Å². The molecule has 1 heterocycles. The van der Waals surface area contributed by atoms with Gasteiger partial charge < -0.3 is 10.2 Å². The van der Waals surface area contributed by atoms with Gasteiger partial charge in [0.05, 0.1) is 0 Å². The number of carbonyl (C=O) groups is 1. The Labute approximate surface area is 92.6 Å². The summed E-state index contributed by atoms with van der Waals surface area (Å²) < 4.78 is 0. The van der Waals surface area contributed by atoms with Crippen LogP contribution in [0.5, 0.6) is 0 Å². The standard InChI is InChI=1S/C11H23N3O/c1-9(2)8-14(4)11(15)10-7-12-5-6-13(10)3/h9-10,12H,5-8H2,1-4H3. The monoisotopic (exact) mass is 213 g/mol. The molecule has 88 valence electrons. The minimum Gasteiger partial charge on any atom is -0.344 e. The van der Waals surface area contributed by atoms with E-state index in [1.165, 1.54) is 0 Å². The molecule has 15 heavy (non-hydrogen) atoms. The van der Waals surface area contributed by atoms with Crippen molar-refractivity contribution < 1.29 is 4.79 Å². The normalized spacial score (nSPS) is 23.1. The van der Waals surface area contributed by atoms with Gasteiger partial charge in [-0.2, -0.15) is 0 Å². The maximum absolute atomic E-state index is 12.1. The van der Waals surface area contributed by atoms with E-state index in [1.54, 1.807) is 0 Å². The number of nitrogens with one attached hydrogen (secondary N) is 1. The smallest absolute Gasteiger partial charge is 0.240 e. The van der Waals surface area contributed by atoms with Crippen molar-refractivity contribution in [3.05, 3.63) is 0 Å². The summed E-state index contributed by atoms with van der Waals surface area (Å²) in [6, 6.07) is 0.0162. The number of rotatable bonds is 3. The average molecular weight is 213 g/mol. The lowest BCUT2D eigenvalue weighted by Crippen LogP contribution is -2.56. The lowest BCUT2D eigenvalue weighted by atomic mass is 10.1. The van der Waals surface area contributed by atoms with Crippen molar-refractivity contribution in [2.24, 2.45) is 5.92 Å². The molecule has 0 spiro atoms. The van der Waals surface area contributed by atoms with E-state index in [4.69, 9.17) is 0 Å². The second-order valence-corrected chi connectivity index (χ2v) is 4.81. The van der Waals surface area contributed by atoms with Crippen LogP contribution >= 0.6 is 0 Å². The Bertz CT molecular complexity index is 218. The largest absolute Gasteiger partial charge is 0.344 e. The maximum atomic E-state index is 12.1. The van der Waals surface area contributed by atoms with Crippen LogP contribution in [0.3, 0.4) is 0 Å². The quantitative estimate of drug-likeness (QED) is 0.717. The van der Waals surface area contributed by atoms with Crippen LogP contribution in [0.4, 0.5) is 0 Å². The Hall–Kier alpha value is -0.610. The first-order valence-electron chi connectivity index (χ1n) is 5.68. The molecule has 4 heteroatoms. The lowest BCUT2D eigenvalue weighted by Gasteiger charge is -2.34. The van der Waals surface area contributed by atoms with E-state index >= 15 is 0 Å². The first-order chi connectivity index (χ1) is 7.02. The summed E-state index contributed by atoms with van der Waals surface area (Å²) in [5.74, 6) is 0.763. The van der Waals surface area contributed by atoms with Crippen LogP contribution in [0.25, 0.3) is 0 Å². The number of likely N-dealkylation sites (N-methyl/N-ethyl adjacent to an activating group) is 2. The van der Waals surface area contributed by atoms with Crippen LogP contribution < -0.4 is 5.32 Å². The molecule has 1 rings (SSSR count). The number of hydrogen-bond acceptors (Lipinski definition) is 3. The van der Waals surface area contributed by atoms with Crippen LogP contribution in [0.15, 0.2) is 0 Å². The van der Waals surface area contributed by atoms with Gasteiger partial charge in [-0.05, 0) is 13.0 Å². The van der Waals surface area contributed by atoms with E-state index in [2.05, 4.69) is 24.1 Å². The zero-order valence-electron chi connectivity index (χ0n) is 10.3. The minimum absolute atomic E-state index is 0.0162. The zero-order chi connectivity index (χ0) is 11.4. The molecule has 1 fully saturated rings. The Morgan fingerprint density at radius 3 is 2.80 bits per heavy atom. The molecule has 1 N–H and O–H groups in total. The number of amides is 1. The molecule has 1 unspecified atom stereocenters. The van der Waals surface area contributed by atoms with Crippen LogP contribution in [0.2, 0.25) is 0 Å². The van der Waals surface area contributed by atoms with E-state index in [0.717, 1.165) is 26.2 Å². The van der Waals surface area contributed by atoms with Gasteiger partial charge in [-0.25, -0.2) is 0 Å². The van der Waals surface area contributed by atoms with Gasteiger partial charge in [0.25, 0.3) is 0 Å². The van der Waals surface area contributed by atoms with Gasteiger partial charge in [-0.15, -0.1) is 0 Å². The molecular formula is C11H23N3O. The number of piperazine rings is 1. The van der Waals surface area contributed by atoms with Crippen LogP contribution in [0.1, 0.15) is 13.8 Å². The van der Waals surface area contributed by atoms with Gasteiger partial charge in [0.15, 0.2) is 0 Å². The number of hydrogen-bond donors (Lipinski definition) is 1. The molecule has 0 radical (unpaired) electrons. The molecule has 1 amide bonds. The van der Waals surface area contributed by atoms with Crippen LogP contribution in [0, 0.1) is 5.92 Å². The molecule has 0 aliphatic carbocycles. The topological polar surface area (TPSA) is 35.6 Å². The molecule has 0 aromatic carbocycles. The summed E-state index contributed by atoms with van der Waals surface area (Å²) >= 11 is 0. The molecule has 1 saturated heterocycles. The van der Waals surface area contributed by atoms with E-state index in [1.807, 2.05) is 19.0 Å². The molecule has 0 aromatic heterocycles. The van der Waals surface area contributed by atoms with Crippen LogP contribution in [-0.2, 0) is 4.79 Å². The van der Waals surface area contributed by atoms with Gasteiger partial charge >= 0.3 is 0 Å². The highest BCUT2D eigenvalue weighted by atomic mass is 16.2. The first-order valence-corrected chi connectivity index (χ1v) is 5.68. The second kappa shape index (κ2) is 5.47. The van der Waals surface area contributed by atoms with Crippen LogP contribution in [-0.4, -0.2) is 62.0 Å². The molecule has 0 bridgehead atoms. The van der Waals surface area contributed by atoms with Crippen molar-refractivity contribution in [2.45, 2.75) is 19.9 Å². The van der Waals surface area contributed by atoms with Crippen molar-refractivity contribution in [3.8, 4) is 0 Å². The predicted molar refractivity (Wildman–Crippen MR) is 61.8 cm³/mol. The van der Waals surface area contributed by atoms with Crippen molar-refractivity contribution in [3.63, 3.8) is 0 Å². The Balaban J connectivity index is 2.50. The fourth-order valence-corrected chi connectivity index (χ4v) is 1.97. The van der Waals surface area contributed by atoms with E-state index in [0.29, 0.717) is 5.92 Å². The van der Waals surface area contributed by atoms with Gasteiger partial charge in [0.2, 0.25) is 5.91 Å². The lowest BCUT2D eigenvalue weighted by molar-refractivity contribution is -0.136. The molecular weight excluding hydrogens is 190 g/mol. The summed E-state index contributed by atoms with van der Waals surface area (Å²) in [4.78, 5) is 16.1. The Morgan fingerprint density at radius 2 is 2.27 bits per heavy atom. The molecule has 0 saturated carbocycles. The SMILES string of the molecule is CC(C)CN(C)C(=O)C1CNCCN1C. The fourth-order valence-electron chi connectivity index (χ4n) is 1.97. The van der Waals surface area contributed by atoms with E-state index in [9.17, 15) is 4.79 Å². The third-order valence-corrected chi connectivity index (χ3v) is 2.81.